The molecule has 0 bridgehead atoms. The number of ether oxygens (including phenoxy) is 1. The van der Waals surface area contributed by atoms with Gasteiger partial charge in [0, 0.05) is 6.92 Å². The first-order valence-electron chi connectivity index (χ1n) is 7.16. The van der Waals surface area contributed by atoms with Crippen molar-refractivity contribution in [2.24, 2.45) is 10.2 Å². The van der Waals surface area contributed by atoms with Crippen LogP contribution in [0.15, 0.2) is 50.8 Å². The lowest BCUT2D eigenvalue weighted by Crippen LogP contribution is -2.40. The van der Waals surface area contributed by atoms with Crippen molar-refractivity contribution in [1.82, 2.24) is 4.31 Å². The molecule has 1 saturated heterocycles. The maximum absolute atomic E-state index is 12.4. The van der Waals surface area contributed by atoms with Gasteiger partial charge in [-0.25, -0.2) is 0 Å². The number of morpholine rings is 1. The summed E-state index contributed by atoms with van der Waals surface area (Å²) in [5.74, 6) is -0.537. The lowest BCUT2D eigenvalue weighted by atomic mass is 10.3. The van der Waals surface area contributed by atoms with Crippen molar-refractivity contribution in [1.29, 1.82) is 0 Å². The Balaban J connectivity index is 2.07. The second kappa shape index (κ2) is 8.21. The van der Waals surface area contributed by atoms with Gasteiger partial charge in [-0.1, -0.05) is 0 Å². The molecule has 124 valence electrons. The molecular weight excluding hydrogens is 318 g/mol. The zero-order valence-corrected chi connectivity index (χ0v) is 13.9. The van der Waals surface area contributed by atoms with Crippen molar-refractivity contribution < 1.29 is 19.2 Å². The molecule has 1 fully saturated rings. The lowest BCUT2D eigenvalue weighted by molar-refractivity contribution is -0.113. The van der Waals surface area contributed by atoms with Crippen molar-refractivity contribution in [2.75, 3.05) is 26.3 Å². The summed E-state index contributed by atoms with van der Waals surface area (Å²) in [7, 11) is 0. The van der Waals surface area contributed by atoms with E-state index in [1.54, 1.807) is 24.3 Å². The molecule has 1 N–H and O–H groups in total. The van der Waals surface area contributed by atoms with Crippen LogP contribution in [0.1, 0.15) is 13.8 Å². The number of benzene rings is 1. The second-order valence-electron chi connectivity index (χ2n) is 4.97. The maximum atomic E-state index is 12.4. The molecule has 0 amide bonds. The van der Waals surface area contributed by atoms with Crippen LogP contribution in [0.2, 0.25) is 0 Å². The van der Waals surface area contributed by atoms with Crippen LogP contribution in [0, 0.1) is 0 Å². The van der Waals surface area contributed by atoms with E-state index in [0.29, 0.717) is 36.9 Å². The number of hydrogen-bond donors (Lipinski definition) is 1. The summed E-state index contributed by atoms with van der Waals surface area (Å²) in [5.41, 5.74) is 0.429. The molecule has 0 radical (unpaired) electrons. The first-order chi connectivity index (χ1) is 11.0. The van der Waals surface area contributed by atoms with E-state index >= 15 is 0 Å². The van der Waals surface area contributed by atoms with E-state index < -0.39 is 11.4 Å². The third-order valence-electron chi connectivity index (χ3n) is 3.18. The minimum absolute atomic E-state index is 0.0778. The van der Waals surface area contributed by atoms with Gasteiger partial charge in [-0.3, -0.25) is 4.79 Å². The fraction of sp³-hybridized carbons (Fsp3) is 0.400. The van der Waals surface area contributed by atoms with Crippen molar-refractivity contribution >= 4 is 22.8 Å². The number of carbonyl (C=O) groups excluding carboxylic acids is 1. The SMILES string of the molecule is CC(=O)C(N=Nc1ccc([S+]([O-])N2CCOCC2)cc1)=C(C)O. The van der Waals surface area contributed by atoms with Gasteiger partial charge in [-0.15, -0.1) is 9.42 Å². The molecule has 1 aliphatic heterocycles. The predicted molar refractivity (Wildman–Crippen MR) is 85.8 cm³/mol. The van der Waals surface area contributed by atoms with Gasteiger partial charge < -0.3 is 14.4 Å². The highest BCUT2D eigenvalue weighted by atomic mass is 32.2. The number of carbonyl (C=O) groups is 1. The third kappa shape index (κ3) is 4.87. The van der Waals surface area contributed by atoms with E-state index in [4.69, 9.17) is 4.74 Å². The standard InChI is InChI=1S/C15H19N3O4S/c1-11(19)15(12(2)20)17-16-13-3-5-14(6-4-13)23(21)18-7-9-22-10-8-18/h3-6,19H,7-10H2,1-2H3. The minimum atomic E-state index is -1.23. The molecule has 1 heterocycles. The average Bonchev–Trinajstić information content (AvgIpc) is 2.55. The van der Waals surface area contributed by atoms with E-state index in [2.05, 4.69) is 10.2 Å². The first kappa shape index (κ1) is 17.6. The zero-order valence-electron chi connectivity index (χ0n) is 13.1. The van der Waals surface area contributed by atoms with E-state index in [-0.39, 0.29) is 17.2 Å². The van der Waals surface area contributed by atoms with E-state index in [9.17, 15) is 14.5 Å². The van der Waals surface area contributed by atoms with Crippen molar-refractivity contribution in [3.05, 3.63) is 35.7 Å². The van der Waals surface area contributed by atoms with Crippen LogP contribution in [-0.4, -0.2) is 46.1 Å². The number of azo groups is 1. The topological polar surface area (TPSA) is 97.5 Å². The van der Waals surface area contributed by atoms with Crippen LogP contribution in [0.25, 0.3) is 0 Å². The quantitative estimate of drug-likeness (QED) is 0.385. The number of Topliss-reactive ketones (excluding diaryl/α,β-unsaturated/α-hetero) is 1. The summed E-state index contributed by atoms with van der Waals surface area (Å²) < 4.78 is 19.5. The smallest absolute Gasteiger partial charge is 0.183 e. The molecule has 1 unspecified atom stereocenters. The van der Waals surface area contributed by atoms with Gasteiger partial charge in [0.1, 0.15) is 5.76 Å². The zero-order chi connectivity index (χ0) is 16.8. The molecule has 2 rings (SSSR count). The maximum Gasteiger partial charge on any atom is 0.183 e. The average molecular weight is 337 g/mol. The second-order valence-corrected chi connectivity index (χ2v) is 6.46. The Kier molecular flexibility index (Phi) is 6.28. The number of aliphatic hydroxyl groups is 1. The molecule has 0 spiro atoms. The molecule has 8 heteroatoms. The number of ketones is 1. The molecule has 1 atom stereocenters. The van der Waals surface area contributed by atoms with Crippen molar-refractivity contribution in [3.63, 3.8) is 0 Å². The van der Waals surface area contributed by atoms with Crippen LogP contribution < -0.4 is 0 Å². The predicted octanol–water partition coefficient (Wildman–Crippen LogP) is 2.50. The highest BCUT2D eigenvalue weighted by Gasteiger charge is 2.24. The molecule has 1 aliphatic rings. The molecule has 0 saturated carbocycles. The molecule has 0 aliphatic carbocycles. The van der Waals surface area contributed by atoms with Crippen LogP contribution >= 0.6 is 0 Å². The highest BCUT2D eigenvalue weighted by Crippen LogP contribution is 2.21. The molecule has 7 nitrogen and oxygen atoms in total. The lowest BCUT2D eigenvalue weighted by Gasteiger charge is -2.27. The summed E-state index contributed by atoms with van der Waals surface area (Å²) in [5, 5.41) is 17.0. The van der Waals surface area contributed by atoms with Gasteiger partial charge in [-0.05, 0) is 31.2 Å². The van der Waals surface area contributed by atoms with Crippen molar-refractivity contribution in [3.8, 4) is 0 Å². The van der Waals surface area contributed by atoms with E-state index in [1.807, 2.05) is 4.31 Å². The van der Waals surface area contributed by atoms with Crippen molar-refractivity contribution in [2.45, 2.75) is 18.7 Å². The van der Waals surface area contributed by atoms with E-state index in [0.717, 1.165) is 0 Å². The Morgan fingerprint density at radius 1 is 1.26 bits per heavy atom. The van der Waals surface area contributed by atoms with Gasteiger partial charge in [0.2, 0.25) is 0 Å². The fourth-order valence-corrected chi connectivity index (χ4v) is 3.14. The molecular formula is C15H19N3O4S. The van der Waals surface area contributed by atoms with Gasteiger partial charge >= 0.3 is 0 Å². The Morgan fingerprint density at radius 3 is 2.39 bits per heavy atom. The van der Waals surface area contributed by atoms with Crippen LogP contribution in [0.4, 0.5) is 5.69 Å². The monoisotopic (exact) mass is 337 g/mol. The third-order valence-corrected chi connectivity index (χ3v) is 4.69. The molecule has 1 aromatic rings. The normalized spacial score (nSPS) is 18.7. The van der Waals surface area contributed by atoms with E-state index in [1.165, 1.54) is 13.8 Å². The summed E-state index contributed by atoms with van der Waals surface area (Å²) in [6.07, 6.45) is 0. The van der Waals surface area contributed by atoms with Crippen LogP contribution in [0.5, 0.6) is 0 Å². The van der Waals surface area contributed by atoms with Gasteiger partial charge in [0.15, 0.2) is 16.4 Å². The Bertz CT molecular complexity index is 606. The minimum Gasteiger partial charge on any atom is -0.593 e. The summed E-state index contributed by atoms with van der Waals surface area (Å²) in [6.45, 7) is 5.12. The van der Waals surface area contributed by atoms with Crippen LogP contribution in [0.3, 0.4) is 0 Å². The van der Waals surface area contributed by atoms with Gasteiger partial charge in [0.05, 0.1) is 43.4 Å². The van der Waals surface area contributed by atoms with Gasteiger partial charge in [-0.2, -0.15) is 5.11 Å². The highest BCUT2D eigenvalue weighted by molar-refractivity contribution is 7.89. The number of aliphatic hydroxyl groups excluding tert-OH is 1. The Labute approximate surface area is 138 Å². The van der Waals surface area contributed by atoms with Gasteiger partial charge in [0.25, 0.3) is 0 Å². The van der Waals surface area contributed by atoms with Crippen LogP contribution in [-0.2, 0) is 20.9 Å². The number of hydrogen-bond acceptors (Lipinski definition) is 7. The number of nitrogens with zero attached hydrogens (tertiary/aromatic N) is 3. The molecule has 1 aromatic carbocycles. The number of allylic oxidation sites excluding steroid dienone is 2. The largest absolute Gasteiger partial charge is 0.593 e. The summed E-state index contributed by atoms with van der Waals surface area (Å²) in [4.78, 5) is 12.0. The number of rotatable bonds is 5. The Hall–Kier alpha value is -1.74. The Morgan fingerprint density at radius 2 is 1.87 bits per heavy atom. The molecule has 0 aromatic heterocycles. The summed E-state index contributed by atoms with van der Waals surface area (Å²) >= 11 is -1.23. The fourth-order valence-electron chi connectivity index (χ4n) is 2.00. The first-order valence-corrected chi connectivity index (χ1v) is 8.27. The summed E-state index contributed by atoms with van der Waals surface area (Å²) in [6, 6.07) is 6.76. The molecule has 23 heavy (non-hydrogen) atoms.